The Bertz CT molecular complexity index is 1140. The van der Waals surface area contributed by atoms with Crippen LogP contribution in [0.3, 0.4) is 0 Å². The molecule has 0 bridgehead atoms. The molecule has 3 heterocycles. The van der Waals surface area contributed by atoms with Crippen molar-refractivity contribution in [2.75, 3.05) is 6.54 Å². The number of rotatable bonds is 8. The van der Waals surface area contributed by atoms with Gasteiger partial charge in [0.2, 0.25) is 0 Å². The highest BCUT2D eigenvalue weighted by atomic mass is 16.3. The van der Waals surface area contributed by atoms with E-state index in [0.29, 0.717) is 24.4 Å². The first kappa shape index (κ1) is 22.3. The van der Waals surface area contributed by atoms with Crippen LogP contribution in [-0.2, 0) is 6.54 Å². The Hall–Kier alpha value is -2.93. The standard InChI is InChI=1S/C25H33N5O2/c1-17-9-8-10-18(2)29(17)15-6-3-7-16-30-20-12-5-4-11-19(20)28-23(25(30)31)21-13-14-22(32-21)24(26)27/h4-5,11-14,17-18H,3,6-10,15-16H2,1-2H3,(H3,26,27)/t17-,18+. The summed E-state index contributed by atoms with van der Waals surface area (Å²) in [7, 11) is 0. The summed E-state index contributed by atoms with van der Waals surface area (Å²) in [6.07, 6.45) is 7.07. The third-order valence-corrected chi connectivity index (χ3v) is 6.63. The number of likely N-dealkylation sites (tertiary alicyclic amines) is 1. The number of furan rings is 1. The van der Waals surface area contributed by atoms with Crippen LogP contribution in [0.5, 0.6) is 0 Å². The molecule has 170 valence electrons. The lowest BCUT2D eigenvalue weighted by atomic mass is 9.97. The quantitative estimate of drug-likeness (QED) is 0.311. The minimum absolute atomic E-state index is 0.172. The van der Waals surface area contributed by atoms with Crippen molar-refractivity contribution in [1.29, 1.82) is 5.41 Å². The van der Waals surface area contributed by atoms with Crippen LogP contribution in [0, 0.1) is 5.41 Å². The first-order valence-electron chi connectivity index (χ1n) is 11.7. The fourth-order valence-electron chi connectivity index (χ4n) is 4.84. The summed E-state index contributed by atoms with van der Waals surface area (Å²) >= 11 is 0. The smallest absolute Gasteiger partial charge is 0.280 e. The van der Waals surface area contributed by atoms with Gasteiger partial charge >= 0.3 is 0 Å². The molecule has 1 aliphatic heterocycles. The first-order valence-corrected chi connectivity index (χ1v) is 11.7. The molecule has 0 spiro atoms. The van der Waals surface area contributed by atoms with E-state index in [1.807, 2.05) is 24.3 Å². The van der Waals surface area contributed by atoms with Gasteiger partial charge in [0.05, 0.1) is 11.0 Å². The summed E-state index contributed by atoms with van der Waals surface area (Å²) in [5.41, 5.74) is 7.17. The molecule has 3 N–H and O–H groups in total. The van der Waals surface area contributed by atoms with Gasteiger partial charge in [-0.1, -0.05) is 25.0 Å². The van der Waals surface area contributed by atoms with Gasteiger partial charge in [0.15, 0.2) is 23.1 Å². The van der Waals surface area contributed by atoms with Crippen LogP contribution in [0.2, 0.25) is 0 Å². The molecule has 0 aliphatic carbocycles. The van der Waals surface area contributed by atoms with Crippen molar-refractivity contribution in [3.63, 3.8) is 0 Å². The predicted molar refractivity (Wildman–Crippen MR) is 128 cm³/mol. The predicted octanol–water partition coefficient (Wildman–Crippen LogP) is 4.37. The van der Waals surface area contributed by atoms with Gasteiger partial charge in [0.25, 0.3) is 5.56 Å². The molecule has 7 heteroatoms. The number of fused-ring (bicyclic) bond motifs is 1. The Balaban J connectivity index is 1.49. The maximum atomic E-state index is 13.3. The van der Waals surface area contributed by atoms with E-state index >= 15 is 0 Å². The van der Waals surface area contributed by atoms with Crippen molar-refractivity contribution in [3.8, 4) is 11.5 Å². The summed E-state index contributed by atoms with van der Waals surface area (Å²) in [4.78, 5) is 20.5. The Morgan fingerprint density at radius 3 is 2.53 bits per heavy atom. The summed E-state index contributed by atoms with van der Waals surface area (Å²) in [5, 5.41) is 7.54. The third-order valence-electron chi connectivity index (χ3n) is 6.63. The van der Waals surface area contributed by atoms with Crippen LogP contribution in [0.1, 0.15) is 58.1 Å². The van der Waals surface area contributed by atoms with E-state index in [0.717, 1.165) is 36.8 Å². The van der Waals surface area contributed by atoms with Crippen LogP contribution in [0.15, 0.2) is 45.6 Å². The molecular weight excluding hydrogens is 402 g/mol. The number of para-hydroxylation sites is 2. The summed E-state index contributed by atoms with van der Waals surface area (Å²) < 4.78 is 7.42. The lowest BCUT2D eigenvalue weighted by Crippen LogP contribution is -2.44. The van der Waals surface area contributed by atoms with Gasteiger partial charge in [-0.2, -0.15) is 0 Å². The number of benzene rings is 1. The number of hydrogen-bond donors (Lipinski definition) is 2. The number of nitrogens with zero attached hydrogens (tertiary/aromatic N) is 3. The van der Waals surface area contributed by atoms with E-state index in [1.54, 1.807) is 16.7 Å². The fraction of sp³-hybridized carbons (Fsp3) is 0.480. The minimum Gasteiger partial charge on any atom is -0.451 e. The van der Waals surface area contributed by atoms with Gasteiger partial charge in [0, 0.05) is 18.6 Å². The Kier molecular flexibility index (Phi) is 6.74. The van der Waals surface area contributed by atoms with Crippen molar-refractivity contribution in [1.82, 2.24) is 14.5 Å². The number of unbranched alkanes of at least 4 members (excludes halogenated alkanes) is 2. The second kappa shape index (κ2) is 9.69. The van der Waals surface area contributed by atoms with E-state index in [1.165, 1.54) is 19.3 Å². The van der Waals surface area contributed by atoms with Crippen LogP contribution in [0.4, 0.5) is 0 Å². The number of aryl methyl sites for hydroxylation is 1. The van der Waals surface area contributed by atoms with Gasteiger partial charge < -0.3 is 14.7 Å². The van der Waals surface area contributed by atoms with Crippen molar-refractivity contribution >= 4 is 16.9 Å². The van der Waals surface area contributed by atoms with Crippen molar-refractivity contribution in [2.45, 2.75) is 71.0 Å². The van der Waals surface area contributed by atoms with E-state index in [2.05, 4.69) is 23.7 Å². The number of nitrogens with two attached hydrogens (primary N) is 1. The van der Waals surface area contributed by atoms with Crippen LogP contribution >= 0.6 is 0 Å². The highest BCUT2D eigenvalue weighted by Crippen LogP contribution is 2.23. The first-order chi connectivity index (χ1) is 15.5. The Morgan fingerprint density at radius 1 is 1.09 bits per heavy atom. The molecule has 1 fully saturated rings. The van der Waals surface area contributed by atoms with Gasteiger partial charge in [-0.25, -0.2) is 4.98 Å². The number of nitrogens with one attached hydrogen (secondary N) is 1. The molecule has 3 aromatic rings. The highest BCUT2D eigenvalue weighted by molar-refractivity contribution is 5.92. The van der Waals surface area contributed by atoms with Crippen molar-refractivity contribution < 1.29 is 4.42 Å². The molecule has 2 aromatic heterocycles. The molecule has 32 heavy (non-hydrogen) atoms. The lowest BCUT2D eigenvalue weighted by molar-refractivity contribution is 0.101. The molecule has 0 saturated carbocycles. The average Bonchev–Trinajstić information content (AvgIpc) is 3.27. The summed E-state index contributed by atoms with van der Waals surface area (Å²) in [5.74, 6) is 0.407. The van der Waals surface area contributed by atoms with Gasteiger partial charge in [-0.05, 0) is 70.3 Å². The number of hydrogen-bond acceptors (Lipinski definition) is 5. The second-order valence-corrected chi connectivity index (χ2v) is 8.91. The van der Waals surface area contributed by atoms with Crippen LogP contribution in [-0.4, -0.2) is 38.9 Å². The average molecular weight is 436 g/mol. The zero-order valence-electron chi connectivity index (χ0n) is 19.0. The number of amidine groups is 1. The zero-order valence-corrected chi connectivity index (χ0v) is 19.0. The third kappa shape index (κ3) is 4.63. The second-order valence-electron chi connectivity index (χ2n) is 8.91. The largest absolute Gasteiger partial charge is 0.451 e. The van der Waals surface area contributed by atoms with E-state index < -0.39 is 0 Å². The van der Waals surface area contributed by atoms with Gasteiger partial charge in [0.1, 0.15) is 0 Å². The zero-order chi connectivity index (χ0) is 22.7. The maximum absolute atomic E-state index is 13.3. The SMILES string of the molecule is C[C@@H]1CCC[C@H](C)N1CCCCCn1c(=O)c(-c2ccc(C(=N)N)o2)nc2ccccc21. The lowest BCUT2D eigenvalue weighted by Gasteiger charge is -2.39. The Morgan fingerprint density at radius 2 is 1.81 bits per heavy atom. The van der Waals surface area contributed by atoms with Crippen LogP contribution in [0.25, 0.3) is 22.5 Å². The molecule has 1 aromatic carbocycles. The van der Waals surface area contributed by atoms with Gasteiger partial charge in [-0.15, -0.1) is 0 Å². The summed E-state index contributed by atoms with van der Waals surface area (Å²) in [6, 6.07) is 12.3. The van der Waals surface area contributed by atoms with Crippen molar-refractivity contribution in [3.05, 3.63) is 52.5 Å². The number of aromatic nitrogens is 2. The monoisotopic (exact) mass is 435 g/mol. The molecule has 0 unspecified atom stereocenters. The normalized spacial score (nSPS) is 19.4. The fourth-order valence-corrected chi connectivity index (χ4v) is 4.84. The van der Waals surface area contributed by atoms with Gasteiger partial charge in [-0.3, -0.25) is 15.1 Å². The Labute approximate surface area is 188 Å². The molecule has 1 saturated heterocycles. The number of piperidine rings is 1. The molecule has 2 atom stereocenters. The molecule has 0 radical (unpaired) electrons. The number of nitrogen functional groups attached to an aromatic ring is 1. The molecular formula is C25H33N5O2. The molecule has 7 nitrogen and oxygen atoms in total. The molecule has 4 rings (SSSR count). The van der Waals surface area contributed by atoms with Crippen molar-refractivity contribution in [2.24, 2.45) is 5.73 Å². The highest BCUT2D eigenvalue weighted by Gasteiger charge is 2.23. The van der Waals surface area contributed by atoms with E-state index in [9.17, 15) is 4.79 Å². The van der Waals surface area contributed by atoms with E-state index in [-0.39, 0.29) is 22.8 Å². The molecule has 0 amide bonds. The van der Waals surface area contributed by atoms with Crippen LogP contribution < -0.4 is 11.3 Å². The minimum atomic E-state index is -0.175. The summed E-state index contributed by atoms with van der Waals surface area (Å²) in [6.45, 7) is 6.44. The topological polar surface area (TPSA) is 101 Å². The van der Waals surface area contributed by atoms with E-state index in [4.69, 9.17) is 15.6 Å². The molecule has 1 aliphatic rings. The maximum Gasteiger partial charge on any atom is 0.280 e.